The maximum Gasteiger partial charge on any atom is 0.233 e. The molecule has 1 aromatic heterocycles. The summed E-state index contributed by atoms with van der Waals surface area (Å²) in [6, 6.07) is 6.02. The van der Waals surface area contributed by atoms with E-state index < -0.39 is 0 Å². The third-order valence-corrected chi connectivity index (χ3v) is 3.35. The van der Waals surface area contributed by atoms with Gasteiger partial charge in [0.05, 0.1) is 0 Å². The summed E-state index contributed by atoms with van der Waals surface area (Å²) in [5.41, 5.74) is 2.13. The summed E-state index contributed by atoms with van der Waals surface area (Å²) in [7, 11) is 3.71. The van der Waals surface area contributed by atoms with Crippen molar-refractivity contribution in [2.75, 3.05) is 24.3 Å². The van der Waals surface area contributed by atoms with Crippen molar-refractivity contribution in [3.63, 3.8) is 0 Å². The van der Waals surface area contributed by atoms with Crippen molar-refractivity contribution in [3.8, 4) is 0 Å². The van der Waals surface area contributed by atoms with E-state index in [1.807, 2.05) is 26.2 Å². The molecule has 0 aliphatic rings. The molecule has 0 fully saturated rings. The molecule has 0 radical (unpaired) electrons. The zero-order valence-corrected chi connectivity index (χ0v) is 13.8. The largest absolute Gasteiger partial charge is 0.347 e. The van der Waals surface area contributed by atoms with E-state index >= 15 is 0 Å². The molecule has 0 atom stereocenters. The third-order valence-electron chi connectivity index (χ3n) is 2.69. The number of rotatable bonds is 4. The van der Waals surface area contributed by atoms with Crippen molar-refractivity contribution in [1.29, 1.82) is 0 Å². The van der Waals surface area contributed by atoms with Crippen LogP contribution in [0.1, 0.15) is 12.5 Å². The molecule has 7 heteroatoms. The average Bonchev–Trinajstić information content (AvgIpc) is 2.40. The number of nitrogens with one attached hydrogen (secondary N) is 1. The summed E-state index contributed by atoms with van der Waals surface area (Å²) >= 11 is 9.39. The molecule has 5 nitrogen and oxygen atoms in total. The van der Waals surface area contributed by atoms with Crippen LogP contribution in [0, 0.1) is 0 Å². The Bertz CT molecular complexity index is 618. The van der Waals surface area contributed by atoms with Crippen molar-refractivity contribution in [2.24, 2.45) is 0 Å². The number of benzene rings is 1. The number of aryl methyl sites for hydroxylation is 1. The van der Waals surface area contributed by atoms with Crippen LogP contribution >= 0.6 is 27.5 Å². The second-order valence-electron chi connectivity index (χ2n) is 4.40. The van der Waals surface area contributed by atoms with Gasteiger partial charge in [0.1, 0.15) is 0 Å². The highest BCUT2D eigenvalue weighted by molar-refractivity contribution is 9.10. The second kappa shape index (κ2) is 6.37. The first-order valence-electron chi connectivity index (χ1n) is 6.14. The van der Waals surface area contributed by atoms with Crippen LogP contribution in [0.2, 0.25) is 5.28 Å². The highest BCUT2D eigenvalue weighted by atomic mass is 79.9. The number of anilines is 3. The smallest absolute Gasteiger partial charge is 0.233 e. The molecule has 1 aromatic carbocycles. The monoisotopic (exact) mass is 355 g/mol. The van der Waals surface area contributed by atoms with E-state index in [4.69, 9.17) is 11.6 Å². The average molecular weight is 357 g/mol. The topological polar surface area (TPSA) is 53.9 Å². The SMILES string of the molecule is CCc1cc(Br)ccc1Nc1nc(Cl)nc(N(C)C)n1. The Balaban J connectivity index is 2.34. The molecule has 0 spiro atoms. The molecule has 0 unspecified atom stereocenters. The Kier molecular flexibility index (Phi) is 4.77. The van der Waals surface area contributed by atoms with E-state index in [2.05, 4.69) is 49.2 Å². The molecule has 2 aromatic rings. The zero-order valence-electron chi connectivity index (χ0n) is 11.5. The number of hydrogen-bond acceptors (Lipinski definition) is 5. The van der Waals surface area contributed by atoms with E-state index in [-0.39, 0.29) is 5.28 Å². The van der Waals surface area contributed by atoms with Crippen LogP contribution in [0.5, 0.6) is 0 Å². The maximum atomic E-state index is 5.92. The first-order valence-corrected chi connectivity index (χ1v) is 7.31. The first kappa shape index (κ1) is 15.0. The highest BCUT2D eigenvalue weighted by Gasteiger charge is 2.09. The van der Waals surface area contributed by atoms with Crippen molar-refractivity contribution < 1.29 is 0 Å². The van der Waals surface area contributed by atoms with Gasteiger partial charge in [-0.1, -0.05) is 22.9 Å². The number of aromatic nitrogens is 3. The second-order valence-corrected chi connectivity index (χ2v) is 5.66. The predicted molar refractivity (Wildman–Crippen MR) is 86.0 cm³/mol. The fourth-order valence-electron chi connectivity index (χ4n) is 1.69. The molecule has 106 valence electrons. The summed E-state index contributed by atoms with van der Waals surface area (Å²) in [5, 5.41) is 3.36. The summed E-state index contributed by atoms with van der Waals surface area (Å²) in [4.78, 5) is 14.3. The Morgan fingerprint density at radius 1 is 1.25 bits per heavy atom. The first-order chi connectivity index (χ1) is 9.49. The Morgan fingerprint density at radius 2 is 2.00 bits per heavy atom. The molecule has 20 heavy (non-hydrogen) atoms. The third kappa shape index (κ3) is 3.58. The molecule has 0 saturated heterocycles. The lowest BCUT2D eigenvalue weighted by molar-refractivity contribution is 0.960. The quantitative estimate of drug-likeness (QED) is 0.906. The van der Waals surface area contributed by atoms with E-state index in [0.29, 0.717) is 11.9 Å². The van der Waals surface area contributed by atoms with E-state index in [1.165, 1.54) is 5.56 Å². The fraction of sp³-hybridized carbons (Fsp3) is 0.308. The van der Waals surface area contributed by atoms with Crippen LogP contribution in [-0.4, -0.2) is 29.0 Å². The van der Waals surface area contributed by atoms with E-state index in [1.54, 1.807) is 4.90 Å². The van der Waals surface area contributed by atoms with Crippen LogP contribution in [-0.2, 0) is 6.42 Å². The van der Waals surface area contributed by atoms with Gasteiger partial charge in [-0.3, -0.25) is 0 Å². The van der Waals surface area contributed by atoms with Crippen molar-refractivity contribution in [2.45, 2.75) is 13.3 Å². The highest BCUT2D eigenvalue weighted by Crippen LogP contribution is 2.24. The van der Waals surface area contributed by atoms with Gasteiger partial charge in [-0.2, -0.15) is 15.0 Å². The standard InChI is InChI=1S/C13H15BrClN5/c1-4-8-7-9(14)5-6-10(8)16-12-17-11(15)18-13(19-12)20(2)3/h5-7H,4H2,1-3H3,(H,16,17,18,19). The lowest BCUT2D eigenvalue weighted by Gasteiger charge is -2.13. The molecule has 0 saturated carbocycles. The molecule has 2 rings (SSSR count). The predicted octanol–water partition coefficient (Wildman–Crippen LogP) is 3.66. The van der Waals surface area contributed by atoms with Crippen LogP contribution < -0.4 is 10.2 Å². The lowest BCUT2D eigenvalue weighted by atomic mass is 10.1. The van der Waals surface area contributed by atoms with Gasteiger partial charge >= 0.3 is 0 Å². The molecule has 0 aliphatic heterocycles. The van der Waals surface area contributed by atoms with Crippen LogP contribution in [0.15, 0.2) is 22.7 Å². The van der Waals surface area contributed by atoms with Crippen LogP contribution in [0.3, 0.4) is 0 Å². The molecule has 1 N–H and O–H groups in total. The minimum absolute atomic E-state index is 0.168. The Hall–Kier alpha value is -1.40. The number of nitrogens with zero attached hydrogens (tertiary/aromatic N) is 4. The minimum atomic E-state index is 0.168. The van der Waals surface area contributed by atoms with Crippen molar-refractivity contribution in [3.05, 3.63) is 33.5 Å². The summed E-state index contributed by atoms with van der Waals surface area (Å²) in [6.45, 7) is 2.10. The molecule has 0 bridgehead atoms. The molecular weight excluding hydrogens is 342 g/mol. The van der Waals surface area contributed by atoms with E-state index in [9.17, 15) is 0 Å². The normalized spacial score (nSPS) is 10.4. The molecule has 0 aliphatic carbocycles. The van der Waals surface area contributed by atoms with Gasteiger partial charge in [0, 0.05) is 24.3 Å². The van der Waals surface area contributed by atoms with Gasteiger partial charge in [-0.25, -0.2) is 0 Å². The Morgan fingerprint density at radius 3 is 2.65 bits per heavy atom. The minimum Gasteiger partial charge on any atom is -0.347 e. The van der Waals surface area contributed by atoms with Gasteiger partial charge in [-0.15, -0.1) is 0 Å². The van der Waals surface area contributed by atoms with Gasteiger partial charge in [0.2, 0.25) is 17.2 Å². The maximum absolute atomic E-state index is 5.92. The molecule has 0 amide bonds. The number of halogens is 2. The Labute approximate surface area is 131 Å². The van der Waals surface area contributed by atoms with Gasteiger partial charge in [0.25, 0.3) is 0 Å². The van der Waals surface area contributed by atoms with Crippen LogP contribution in [0.25, 0.3) is 0 Å². The zero-order chi connectivity index (χ0) is 14.7. The van der Waals surface area contributed by atoms with Crippen LogP contribution in [0.4, 0.5) is 17.6 Å². The lowest BCUT2D eigenvalue weighted by Crippen LogP contribution is -2.14. The summed E-state index contributed by atoms with van der Waals surface area (Å²) in [5.74, 6) is 0.952. The van der Waals surface area contributed by atoms with E-state index in [0.717, 1.165) is 16.6 Å². The fourth-order valence-corrected chi connectivity index (χ4v) is 2.26. The number of hydrogen-bond donors (Lipinski definition) is 1. The summed E-state index contributed by atoms with van der Waals surface area (Å²) in [6.07, 6.45) is 0.904. The van der Waals surface area contributed by atoms with Crippen molar-refractivity contribution in [1.82, 2.24) is 15.0 Å². The van der Waals surface area contributed by atoms with Gasteiger partial charge in [-0.05, 0) is 41.8 Å². The van der Waals surface area contributed by atoms with Crippen molar-refractivity contribution >= 4 is 45.1 Å². The van der Waals surface area contributed by atoms with Gasteiger partial charge < -0.3 is 10.2 Å². The molecule has 1 heterocycles. The molecular formula is C13H15BrClN5. The van der Waals surface area contributed by atoms with Gasteiger partial charge in [0.15, 0.2) is 0 Å². The summed E-state index contributed by atoms with van der Waals surface area (Å²) < 4.78 is 1.04.